The van der Waals surface area contributed by atoms with Gasteiger partial charge in [0.15, 0.2) is 5.76 Å². The van der Waals surface area contributed by atoms with Gasteiger partial charge in [-0.15, -0.1) is 0 Å². The van der Waals surface area contributed by atoms with E-state index in [1.165, 1.54) is 0 Å². The van der Waals surface area contributed by atoms with Crippen LogP contribution in [-0.4, -0.2) is 31.2 Å². The van der Waals surface area contributed by atoms with Crippen molar-refractivity contribution in [3.63, 3.8) is 0 Å². The third kappa shape index (κ3) is 3.31. The summed E-state index contributed by atoms with van der Waals surface area (Å²) in [6, 6.07) is 10.6. The lowest BCUT2D eigenvalue weighted by Crippen LogP contribution is -2.37. The average Bonchev–Trinajstić information content (AvgIpc) is 3.14. The molecule has 2 aromatic rings. The van der Waals surface area contributed by atoms with Crippen LogP contribution in [0, 0.1) is 0 Å². The van der Waals surface area contributed by atoms with E-state index in [9.17, 15) is 9.18 Å². The number of rotatable bonds is 4. The van der Waals surface area contributed by atoms with Gasteiger partial charge in [-0.25, -0.2) is 4.39 Å². The maximum atomic E-state index is 13.0. The summed E-state index contributed by atoms with van der Waals surface area (Å²) in [6.07, 6.45) is -0.416. The summed E-state index contributed by atoms with van der Waals surface area (Å²) >= 11 is 6.10. The standard InChI is InChI=1S/C16H16ClFN2O2/c17-13-4-2-1-3-12(13)14-5-6-15(22-14)16(21)20-9-11-7-10(18)8-19-11/h1-6,10-11,19H,7-9H2,(H,20,21). The first kappa shape index (κ1) is 15.1. The fourth-order valence-electron chi connectivity index (χ4n) is 2.49. The lowest BCUT2D eigenvalue weighted by atomic mass is 10.2. The number of hydrogen-bond acceptors (Lipinski definition) is 3. The second-order valence-corrected chi connectivity index (χ2v) is 5.70. The zero-order valence-corrected chi connectivity index (χ0v) is 12.6. The third-order valence-electron chi connectivity index (χ3n) is 3.65. The van der Waals surface area contributed by atoms with E-state index < -0.39 is 6.17 Å². The van der Waals surface area contributed by atoms with E-state index in [1.807, 2.05) is 18.2 Å². The fourth-order valence-corrected chi connectivity index (χ4v) is 2.72. The molecule has 0 bridgehead atoms. The van der Waals surface area contributed by atoms with Crippen molar-refractivity contribution < 1.29 is 13.6 Å². The Bertz CT molecular complexity index is 674. The van der Waals surface area contributed by atoms with Crippen molar-refractivity contribution in [1.29, 1.82) is 0 Å². The number of furan rings is 1. The minimum atomic E-state index is -0.836. The van der Waals surface area contributed by atoms with Gasteiger partial charge < -0.3 is 15.1 Å². The first-order chi connectivity index (χ1) is 10.6. The minimum absolute atomic E-state index is 0.0306. The number of halogens is 2. The van der Waals surface area contributed by atoms with Gasteiger partial charge in [0.2, 0.25) is 0 Å². The predicted octanol–water partition coefficient (Wildman–Crippen LogP) is 3.03. The van der Waals surface area contributed by atoms with Crippen molar-refractivity contribution in [2.24, 2.45) is 0 Å². The van der Waals surface area contributed by atoms with E-state index in [0.717, 1.165) is 5.56 Å². The monoisotopic (exact) mass is 322 g/mol. The van der Waals surface area contributed by atoms with Crippen LogP contribution in [0.25, 0.3) is 11.3 Å². The van der Waals surface area contributed by atoms with Crippen molar-refractivity contribution >= 4 is 17.5 Å². The predicted molar refractivity (Wildman–Crippen MR) is 82.8 cm³/mol. The van der Waals surface area contributed by atoms with Crippen molar-refractivity contribution in [2.75, 3.05) is 13.1 Å². The normalized spacial score (nSPS) is 21.0. The SMILES string of the molecule is O=C(NCC1CC(F)CN1)c1ccc(-c2ccccc2Cl)o1. The summed E-state index contributed by atoms with van der Waals surface area (Å²) in [7, 11) is 0. The largest absolute Gasteiger partial charge is 0.451 e. The highest BCUT2D eigenvalue weighted by Gasteiger charge is 2.24. The highest BCUT2D eigenvalue weighted by Crippen LogP contribution is 2.28. The molecule has 3 rings (SSSR count). The van der Waals surface area contributed by atoms with Crippen LogP contribution in [0.3, 0.4) is 0 Å². The lowest BCUT2D eigenvalue weighted by Gasteiger charge is -2.10. The summed E-state index contributed by atoms with van der Waals surface area (Å²) in [5.74, 6) is 0.436. The van der Waals surface area contributed by atoms with Crippen molar-refractivity contribution in [3.05, 3.63) is 47.2 Å². The van der Waals surface area contributed by atoms with Crippen molar-refractivity contribution in [2.45, 2.75) is 18.6 Å². The number of carbonyl (C=O) groups is 1. The molecule has 1 amide bonds. The van der Waals surface area contributed by atoms with Crippen LogP contribution in [0.15, 0.2) is 40.8 Å². The molecular weight excluding hydrogens is 307 g/mol. The first-order valence-corrected chi connectivity index (χ1v) is 7.51. The molecule has 1 saturated heterocycles. The van der Waals surface area contributed by atoms with Gasteiger partial charge in [-0.1, -0.05) is 23.7 Å². The Kier molecular flexibility index (Phi) is 4.45. The quantitative estimate of drug-likeness (QED) is 0.909. The van der Waals surface area contributed by atoms with E-state index in [0.29, 0.717) is 30.3 Å². The summed E-state index contributed by atoms with van der Waals surface area (Å²) in [5.41, 5.74) is 0.737. The molecule has 2 heterocycles. The highest BCUT2D eigenvalue weighted by molar-refractivity contribution is 6.33. The Balaban J connectivity index is 1.63. The molecule has 6 heteroatoms. The van der Waals surface area contributed by atoms with Crippen LogP contribution in [0.5, 0.6) is 0 Å². The van der Waals surface area contributed by atoms with E-state index in [1.54, 1.807) is 18.2 Å². The Morgan fingerprint density at radius 3 is 2.91 bits per heavy atom. The Hall–Kier alpha value is -1.85. The highest BCUT2D eigenvalue weighted by atomic mass is 35.5. The average molecular weight is 323 g/mol. The molecule has 0 aliphatic carbocycles. The van der Waals surface area contributed by atoms with Crippen LogP contribution in [-0.2, 0) is 0 Å². The van der Waals surface area contributed by atoms with Crippen LogP contribution in [0.1, 0.15) is 17.0 Å². The molecule has 0 saturated carbocycles. The third-order valence-corrected chi connectivity index (χ3v) is 3.98. The number of alkyl halides is 1. The molecule has 1 aliphatic heterocycles. The van der Waals surface area contributed by atoms with E-state index >= 15 is 0 Å². The number of benzene rings is 1. The summed E-state index contributed by atoms with van der Waals surface area (Å²) in [4.78, 5) is 12.1. The second kappa shape index (κ2) is 6.50. The van der Waals surface area contributed by atoms with E-state index in [-0.39, 0.29) is 17.7 Å². The van der Waals surface area contributed by atoms with Gasteiger partial charge in [-0.2, -0.15) is 0 Å². The molecule has 116 valence electrons. The number of nitrogens with one attached hydrogen (secondary N) is 2. The molecule has 4 nitrogen and oxygen atoms in total. The van der Waals surface area contributed by atoms with Crippen molar-refractivity contribution in [1.82, 2.24) is 10.6 Å². The Morgan fingerprint density at radius 1 is 1.36 bits per heavy atom. The van der Waals surface area contributed by atoms with E-state index in [4.69, 9.17) is 16.0 Å². The molecule has 0 radical (unpaired) electrons. The second-order valence-electron chi connectivity index (χ2n) is 5.29. The molecule has 2 unspecified atom stereocenters. The van der Waals surface area contributed by atoms with E-state index in [2.05, 4.69) is 10.6 Å². The molecule has 1 aromatic carbocycles. The zero-order chi connectivity index (χ0) is 15.5. The van der Waals surface area contributed by atoms with Crippen LogP contribution < -0.4 is 10.6 Å². The zero-order valence-electron chi connectivity index (χ0n) is 11.8. The summed E-state index contributed by atoms with van der Waals surface area (Å²) in [5, 5.41) is 6.32. The van der Waals surface area contributed by atoms with Gasteiger partial charge in [-0.05, 0) is 30.7 Å². The van der Waals surface area contributed by atoms with Gasteiger partial charge >= 0.3 is 0 Å². The van der Waals surface area contributed by atoms with Gasteiger partial charge in [0, 0.05) is 24.7 Å². The smallest absolute Gasteiger partial charge is 0.287 e. The maximum absolute atomic E-state index is 13.0. The molecule has 1 fully saturated rings. The summed E-state index contributed by atoms with van der Waals surface area (Å²) in [6.45, 7) is 0.722. The molecule has 2 N–H and O–H groups in total. The minimum Gasteiger partial charge on any atom is -0.451 e. The van der Waals surface area contributed by atoms with Crippen LogP contribution >= 0.6 is 11.6 Å². The van der Waals surface area contributed by atoms with Gasteiger partial charge in [-0.3, -0.25) is 4.79 Å². The molecule has 1 aromatic heterocycles. The topological polar surface area (TPSA) is 54.3 Å². The molecule has 2 atom stereocenters. The van der Waals surface area contributed by atoms with Gasteiger partial charge in [0.05, 0.1) is 5.02 Å². The fraction of sp³-hybridized carbons (Fsp3) is 0.312. The Labute approximate surface area is 132 Å². The lowest BCUT2D eigenvalue weighted by molar-refractivity contribution is 0.0923. The maximum Gasteiger partial charge on any atom is 0.287 e. The number of carbonyl (C=O) groups excluding carboxylic acids is 1. The van der Waals surface area contributed by atoms with Crippen LogP contribution in [0.2, 0.25) is 5.02 Å². The van der Waals surface area contributed by atoms with Gasteiger partial charge in [0.25, 0.3) is 5.91 Å². The molecule has 0 spiro atoms. The first-order valence-electron chi connectivity index (χ1n) is 7.14. The number of hydrogen-bond donors (Lipinski definition) is 2. The van der Waals surface area contributed by atoms with Gasteiger partial charge in [0.1, 0.15) is 11.9 Å². The Morgan fingerprint density at radius 2 is 2.18 bits per heavy atom. The number of amides is 1. The summed E-state index contributed by atoms with van der Waals surface area (Å²) < 4.78 is 18.6. The van der Waals surface area contributed by atoms with Crippen molar-refractivity contribution in [3.8, 4) is 11.3 Å². The molecular formula is C16H16ClFN2O2. The molecule has 22 heavy (non-hydrogen) atoms. The molecule has 1 aliphatic rings. The van der Waals surface area contributed by atoms with Crippen LogP contribution in [0.4, 0.5) is 4.39 Å².